The number of carbonyl (C=O) groups is 2. The van der Waals surface area contributed by atoms with Crippen LogP contribution in [-0.4, -0.2) is 43.5 Å². The van der Waals surface area contributed by atoms with E-state index in [1.54, 1.807) is 4.68 Å². The summed E-state index contributed by atoms with van der Waals surface area (Å²) < 4.78 is 24.3. The van der Waals surface area contributed by atoms with Crippen LogP contribution >= 0.6 is 0 Å². The van der Waals surface area contributed by atoms with E-state index in [1.807, 2.05) is 32.1 Å². The number of carbonyl (C=O) groups excluding carboxylic acids is 2. The fraction of sp³-hybridized carbons (Fsp3) is 0.391. The Balaban J connectivity index is 1.56. The van der Waals surface area contributed by atoms with E-state index in [0.717, 1.165) is 24.1 Å². The molecule has 2 N–H and O–H groups in total. The smallest absolute Gasteiger partial charge is 0.228 e. The lowest BCUT2D eigenvalue weighted by atomic mass is 9.99. The first kappa shape index (κ1) is 17.7. The molecule has 5 rings (SSSR count). The number of pyridine rings is 1. The van der Waals surface area contributed by atoms with Crippen molar-refractivity contribution in [2.75, 3.05) is 22.6 Å². The van der Waals surface area contributed by atoms with Gasteiger partial charge in [0.2, 0.25) is 5.91 Å². The maximum absolute atomic E-state index is 12.9. The predicted octanol–water partition coefficient (Wildman–Crippen LogP) is 3.47. The lowest BCUT2D eigenvalue weighted by Crippen LogP contribution is -2.27. The summed E-state index contributed by atoms with van der Waals surface area (Å²) in [5, 5.41) is 10.5. The fourth-order valence-corrected chi connectivity index (χ4v) is 4.02. The van der Waals surface area contributed by atoms with Crippen LogP contribution in [0.2, 0.25) is 0 Å². The van der Waals surface area contributed by atoms with Gasteiger partial charge in [0.1, 0.15) is 29.2 Å². The van der Waals surface area contributed by atoms with Gasteiger partial charge in [0.15, 0.2) is 11.6 Å². The number of Topliss-reactive ketones (excluding diaryl/α,β-unsaturated/α-hetero) is 1. The second kappa shape index (κ2) is 7.95. The molecular formula is C23H26N8O2. The summed E-state index contributed by atoms with van der Waals surface area (Å²) >= 11 is 0. The molecule has 1 fully saturated rings. The third-order valence-corrected chi connectivity index (χ3v) is 6.10. The Kier molecular flexibility index (Phi) is 4.26. The van der Waals surface area contributed by atoms with E-state index in [4.69, 9.17) is 4.11 Å². The topological polar surface area (TPSA) is 118 Å². The zero-order chi connectivity index (χ0) is 25.8. The Labute approximate surface area is 195 Å². The van der Waals surface area contributed by atoms with Crippen molar-refractivity contribution in [1.82, 2.24) is 24.7 Å². The van der Waals surface area contributed by atoms with Crippen molar-refractivity contribution in [3.8, 4) is 11.4 Å². The summed E-state index contributed by atoms with van der Waals surface area (Å²) in [4.78, 5) is 40.3. The first-order valence-corrected chi connectivity index (χ1v) is 10.7. The minimum absolute atomic E-state index is 0.0183. The molecule has 1 aliphatic heterocycles. The molecule has 1 aliphatic carbocycles. The Morgan fingerprint density at radius 3 is 2.79 bits per heavy atom. The van der Waals surface area contributed by atoms with E-state index in [9.17, 15) is 9.59 Å². The van der Waals surface area contributed by atoms with Crippen LogP contribution < -0.4 is 15.5 Å². The summed E-state index contributed by atoms with van der Waals surface area (Å²) in [5.41, 5.74) is 3.47. The average Bonchev–Trinajstić information content (AvgIpc) is 3.58. The van der Waals surface area contributed by atoms with Gasteiger partial charge in [-0.2, -0.15) is 5.10 Å². The molecule has 4 heterocycles. The quantitative estimate of drug-likeness (QED) is 0.549. The normalized spacial score (nSPS) is 18.5. The van der Waals surface area contributed by atoms with E-state index in [1.165, 1.54) is 18.6 Å². The Bertz CT molecular complexity index is 1370. The second-order valence-corrected chi connectivity index (χ2v) is 8.42. The molecule has 0 spiro atoms. The van der Waals surface area contributed by atoms with Gasteiger partial charge in [0.05, 0.1) is 17.3 Å². The molecule has 0 bridgehead atoms. The molecule has 0 radical (unpaired) electrons. The molecule has 3 aromatic rings. The lowest BCUT2D eigenvalue weighted by molar-refractivity contribution is -0.117. The SMILES string of the molecule is [2H]C([2H])([2H])CC(=O)c1cnc(NC(=O)C2CC2)cc1Nc1ncnc2c1N(C)[C@@H](C)c1cn(C)nc1-2. The van der Waals surface area contributed by atoms with Crippen LogP contribution in [-0.2, 0) is 11.8 Å². The van der Waals surface area contributed by atoms with Crippen LogP contribution in [0.3, 0.4) is 0 Å². The third-order valence-electron chi connectivity index (χ3n) is 6.10. The van der Waals surface area contributed by atoms with Crippen LogP contribution in [0, 0.1) is 5.92 Å². The number of hydrogen-bond acceptors (Lipinski definition) is 8. The average molecular weight is 450 g/mol. The van der Waals surface area contributed by atoms with Gasteiger partial charge >= 0.3 is 0 Å². The summed E-state index contributed by atoms with van der Waals surface area (Å²) in [7, 11) is 3.77. The summed E-state index contributed by atoms with van der Waals surface area (Å²) in [6, 6.07) is 1.51. The zero-order valence-corrected chi connectivity index (χ0v) is 18.6. The highest BCUT2D eigenvalue weighted by Gasteiger charge is 2.33. The lowest BCUT2D eigenvalue weighted by Gasteiger charge is -2.33. The number of aromatic nitrogens is 5. The van der Waals surface area contributed by atoms with Gasteiger partial charge < -0.3 is 15.5 Å². The number of aryl methyl sites for hydroxylation is 1. The van der Waals surface area contributed by atoms with Crippen LogP contribution in [0.4, 0.5) is 23.0 Å². The highest BCUT2D eigenvalue weighted by molar-refractivity contribution is 6.03. The highest BCUT2D eigenvalue weighted by Crippen LogP contribution is 2.45. The minimum Gasteiger partial charge on any atom is -0.363 e. The number of nitrogens with zero attached hydrogens (tertiary/aromatic N) is 6. The number of hydrogen-bond donors (Lipinski definition) is 2. The van der Waals surface area contributed by atoms with Crippen molar-refractivity contribution in [2.45, 2.75) is 39.1 Å². The van der Waals surface area contributed by atoms with Crippen LogP contribution in [0.5, 0.6) is 0 Å². The van der Waals surface area contributed by atoms with Gasteiger partial charge in [0.25, 0.3) is 0 Å². The van der Waals surface area contributed by atoms with Gasteiger partial charge in [-0.05, 0) is 19.8 Å². The van der Waals surface area contributed by atoms with E-state index in [0.29, 0.717) is 22.9 Å². The predicted molar refractivity (Wildman–Crippen MR) is 125 cm³/mol. The van der Waals surface area contributed by atoms with Crippen LogP contribution in [0.25, 0.3) is 11.4 Å². The number of fused-ring (bicyclic) bond motifs is 3. The van der Waals surface area contributed by atoms with Crippen molar-refractivity contribution in [1.29, 1.82) is 0 Å². The van der Waals surface area contributed by atoms with Crippen LogP contribution in [0.1, 0.15) is 59.1 Å². The van der Waals surface area contributed by atoms with Crippen molar-refractivity contribution < 1.29 is 13.7 Å². The molecule has 1 amide bonds. The number of ketones is 1. The second-order valence-electron chi connectivity index (χ2n) is 8.42. The number of rotatable bonds is 6. The fourth-order valence-electron chi connectivity index (χ4n) is 4.02. The largest absolute Gasteiger partial charge is 0.363 e. The maximum atomic E-state index is 12.9. The third kappa shape index (κ3) is 3.71. The Morgan fingerprint density at radius 1 is 1.21 bits per heavy atom. The maximum Gasteiger partial charge on any atom is 0.228 e. The van der Waals surface area contributed by atoms with Crippen LogP contribution in [0.15, 0.2) is 24.8 Å². The Morgan fingerprint density at radius 2 is 2.03 bits per heavy atom. The number of nitrogens with one attached hydrogen (secondary N) is 2. The van der Waals surface area contributed by atoms with Gasteiger partial charge in [-0.15, -0.1) is 0 Å². The van der Waals surface area contributed by atoms with Gasteiger partial charge in [-0.1, -0.05) is 6.85 Å². The van der Waals surface area contributed by atoms with Crippen molar-refractivity contribution in [2.24, 2.45) is 13.0 Å². The number of amides is 1. The molecule has 33 heavy (non-hydrogen) atoms. The monoisotopic (exact) mass is 449 g/mol. The minimum atomic E-state index is -2.44. The standard InChI is InChI=1S/C23H26N8O2/c1-5-17(32)14-9-24-18(28-23(33)13-6-7-13)8-16(14)27-22-21-20(25-11-26-22)19-15(10-30(3)29-19)12(2)31(21)4/h8-13H,5-7H2,1-4H3,(H2,24,25,26,27,28,33)/t12-/m0/s1/i1D3. The molecule has 10 nitrogen and oxygen atoms in total. The first-order chi connectivity index (χ1) is 17.0. The van der Waals surface area contributed by atoms with E-state index in [-0.39, 0.29) is 29.2 Å². The molecule has 0 unspecified atom stereocenters. The molecule has 1 atom stereocenters. The zero-order valence-electron chi connectivity index (χ0n) is 21.6. The van der Waals surface area contributed by atoms with Gasteiger partial charge in [-0.25, -0.2) is 15.0 Å². The molecule has 0 saturated heterocycles. The summed E-state index contributed by atoms with van der Waals surface area (Å²) in [6.07, 6.45) is 5.67. The highest BCUT2D eigenvalue weighted by atomic mass is 16.2. The van der Waals surface area contributed by atoms with Crippen molar-refractivity contribution in [3.05, 3.63) is 35.9 Å². The van der Waals surface area contributed by atoms with Gasteiger partial charge in [-0.3, -0.25) is 14.3 Å². The summed E-state index contributed by atoms with van der Waals surface area (Å²) in [5.74, 6) is -0.0835. The molecular weight excluding hydrogens is 420 g/mol. The molecule has 1 saturated carbocycles. The Hall–Kier alpha value is -3.82. The summed E-state index contributed by atoms with van der Waals surface area (Å²) in [6.45, 7) is -0.393. The van der Waals surface area contributed by atoms with E-state index < -0.39 is 19.1 Å². The van der Waals surface area contributed by atoms with Crippen molar-refractivity contribution in [3.63, 3.8) is 0 Å². The first-order valence-electron chi connectivity index (χ1n) is 12.2. The molecule has 10 heteroatoms. The van der Waals surface area contributed by atoms with E-state index in [2.05, 4.69) is 30.7 Å². The number of anilines is 4. The molecule has 2 aliphatic rings. The molecule has 3 aromatic heterocycles. The van der Waals surface area contributed by atoms with Crippen molar-refractivity contribution >= 4 is 34.7 Å². The van der Waals surface area contributed by atoms with E-state index >= 15 is 0 Å². The molecule has 0 aromatic carbocycles. The van der Waals surface area contributed by atoms with Gasteiger partial charge in [0, 0.05) is 54.6 Å². The molecule has 170 valence electrons.